The molecule has 0 aromatic heterocycles. The zero-order valence-electron chi connectivity index (χ0n) is 51.1. The lowest BCUT2D eigenvalue weighted by molar-refractivity contribution is -0.143. The van der Waals surface area contributed by atoms with Gasteiger partial charge in [-0.15, -0.1) is 0 Å². The van der Waals surface area contributed by atoms with E-state index in [4.69, 9.17) is 4.74 Å². The van der Waals surface area contributed by atoms with Crippen LogP contribution in [0, 0.1) is 0 Å². The molecule has 0 saturated carbocycles. The Morgan fingerprint density at radius 1 is 0.360 bits per heavy atom. The van der Waals surface area contributed by atoms with Gasteiger partial charge in [0.1, 0.15) is 0 Å². The summed E-state index contributed by atoms with van der Waals surface area (Å²) in [5.74, 6) is -0.0185. The number of hydrogen-bond acceptors (Lipinski definition) is 5. The van der Waals surface area contributed by atoms with Gasteiger partial charge in [-0.3, -0.25) is 9.59 Å². The first-order valence-corrected chi connectivity index (χ1v) is 34.4. The van der Waals surface area contributed by atoms with E-state index in [0.717, 1.165) is 38.5 Å². The summed E-state index contributed by atoms with van der Waals surface area (Å²) in [7, 11) is 0. The van der Waals surface area contributed by atoms with Gasteiger partial charge in [0.05, 0.1) is 25.4 Å². The van der Waals surface area contributed by atoms with E-state index in [1.54, 1.807) is 0 Å². The van der Waals surface area contributed by atoms with Gasteiger partial charge in [0.25, 0.3) is 0 Å². The number of aliphatic hydroxyl groups is 2. The highest BCUT2D eigenvalue weighted by atomic mass is 16.5. The summed E-state index contributed by atoms with van der Waals surface area (Å²) in [6.07, 6.45) is 79.6. The Labute approximate surface area is 469 Å². The lowest BCUT2D eigenvalue weighted by Crippen LogP contribution is -2.45. The largest absolute Gasteiger partial charge is 0.466 e. The summed E-state index contributed by atoms with van der Waals surface area (Å²) in [6.45, 7) is 4.99. The first-order valence-electron chi connectivity index (χ1n) is 34.4. The average molecular weight is 1060 g/mol. The SMILES string of the molecule is CCCCCCCCCCCCCCCCCCCCC(O)C(CO)NC(=O)CCCCCCCCCC/C=C\CCCCCCCCCCCCCCOC(=O)CCCCCCCCCCCCCCCCCC. The molecule has 0 aliphatic heterocycles. The van der Waals surface area contributed by atoms with Gasteiger partial charge in [-0.1, -0.05) is 341 Å². The predicted molar refractivity (Wildman–Crippen MR) is 329 cm³/mol. The van der Waals surface area contributed by atoms with E-state index < -0.39 is 12.1 Å². The highest BCUT2D eigenvalue weighted by Gasteiger charge is 2.20. The summed E-state index contributed by atoms with van der Waals surface area (Å²) in [6, 6.07) is -0.545. The molecule has 0 bridgehead atoms. The van der Waals surface area contributed by atoms with Gasteiger partial charge in [0.15, 0.2) is 0 Å². The number of rotatable bonds is 65. The van der Waals surface area contributed by atoms with Crippen LogP contribution in [0.2, 0.25) is 0 Å². The van der Waals surface area contributed by atoms with Crippen LogP contribution in [0.3, 0.4) is 0 Å². The molecule has 0 aliphatic rings. The maximum atomic E-state index is 12.5. The second kappa shape index (κ2) is 65.1. The number of carbonyl (C=O) groups excluding carboxylic acids is 2. The highest BCUT2D eigenvalue weighted by molar-refractivity contribution is 5.76. The molecule has 0 saturated heterocycles. The van der Waals surface area contributed by atoms with Crippen molar-refractivity contribution in [2.45, 2.75) is 405 Å². The van der Waals surface area contributed by atoms with Crippen molar-refractivity contribution in [1.29, 1.82) is 0 Å². The molecule has 75 heavy (non-hydrogen) atoms. The van der Waals surface area contributed by atoms with E-state index in [-0.39, 0.29) is 18.5 Å². The number of aliphatic hydroxyl groups excluding tert-OH is 2. The van der Waals surface area contributed by atoms with Crippen molar-refractivity contribution in [3.8, 4) is 0 Å². The standard InChI is InChI=1S/C69H135NO5/c1-3-5-7-9-11-13-15-17-19-21-30-33-37-41-45-49-53-57-61-67(72)66(65-71)70-68(73)62-58-54-50-46-42-38-34-31-28-26-24-22-23-25-27-29-32-36-40-44-48-52-56-60-64-75-69(74)63-59-55-51-47-43-39-35-20-18-16-14-12-10-8-6-4-2/h24,26,66-67,71-72H,3-23,25,27-65H2,1-2H3,(H,70,73)/b26-24-. The van der Waals surface area contributed by atoms with E-state index in [2.05, 4.69) is 31.3 Å². The van der Waals surface area contributed by atoms with Crippen LogP contribution >= 0.6 is 0 Å². The molecule has 0 aromatic rings. The van der Waals surface area contributed by atoms with Crippen LogP contribution in [0.1, 0.15) is 393 Å². The Hall–Kier alpha value is -1.40. The smallest absolute Gasteiger partial charge is 0.305 e. The second-order valence-electron chi connectivity index (χ2n) is 23.9. The van der Waals surface area contributed by atoms with Crippen LogP contribution in [0.25, 0.3) is 0 Å². The quantitative estimate of drug-likeness (QED) is 0.0320. The van der Waals surface area contributed by atoms with Gasteiger partial charge in [-0.05, 0) is 51.4 Å². The van der Waals surface area contributed by atoms with Crippen molar-refractivity contribution >= 4 is 11.9 Å². The van der Waals surface area contributed by atoms with E-state index >= 15 is 0 Å². The molecule has 1 amide bonds. The molecule has 0 aromatic carbocycles. The van der Waals surface area contributed by atoms with E-state index in [9.17, 15) is 19.8 Å². The molecule has 2 unspecified atom stereocenters. The number of hydrogen-bond donors (Lipinski definition) is 3. The number of esters is 1. The van der Waals surface area contributed by atoms with Crippen molar-refractivity contribution < 1.29 is 24.5 Å². The monoisotopic (exact) mass is 1060 g/mol. The fraction of sp³-hybridized carbons (Fsp3) is 0.942. The molecular formula is C69H135NO5. The molecule has 6 heteroatoms. The van der Waals surface area contributed by atoms with Gasteiger partial charge < -0.3 is 20.3 Å². The van der Waals surface area contributed by atoms with Crippen LogP contribution in [-0.2, 0) is 14.3 Å². The molecule has 0 heterocycles. The van der Waals surface area contributed by atoms with Crippen LogP contribution in [0.15, 0.2) is 12.2 Å². The Morgan fingerprint density at radius 2 is 0.627 bits per heavy atom. The van der Waals surface area contributed by atoms with Crippen molar-refractivity contribution in [1.82, 2.24) is 5.32 Å². The molecule has 0 aliphatic carbocycles. The molecule has 0 fully saturated rings. The van der Waals surface area contributed by atoms with Gasteiger partial charge in [-0.2, -0.15) is 0 Å². The molecule has 446 valence electrons. The van der Waals surface area contributed by atoms with Crippen molar-refractivity contribution in [3.63, 3.8) is 0 Å². The van der Waals surface area contributed by atoms with Gasteiger partial charge in [-0.25, -0.2) is 0 Å². The topological polar surface area (TPSA) is 95.9 Å². The fourth-order valence-corrected chi connectivity index (χ4v) is 11.1. The minimum atomic E-state index is -0.667. The first-order chi connectivity index (χ1) is 37.0. The molecular weight excluding hydrogens is 923 g/mol. The van der Waals surface area contributed by atoms with Gasteiger partial charge in [0.2, 0.25) is 5.91 Å². The van der Waals surface area contributed by atoms with E-state index in [0.29, 0.717) is 25.9 Å². The number of ether oxygens (including phenoxy) is 1. The minimum absolute atomic E-state index is 0.0171. The molecule has 2 atom stereocenters. The maximum Gasteiger partial charge on any atom is 0.305 e. The molecule has 0 radical (unpaired) electrons. The molecule has 6 nitrogen and oxygen atoms in total. The lowest BCUT2D eigenvalue weighted by Gasteiger charge is -2.22. The summed E-state index contributed by atoms with van der Waals surface area (Å²) in [4.78, 5) is 24.6. The third-order valence-corrected chi connectivity index (χ3v) is 16.3. The normalized spacial score (nSPS) is 12.5. The molecule has 0 spiro atoms. The Bertz CT molecular complexity index is 1130. The summed E-state index contributed by atoms with van der Waals surface area (Å²) >= 11 is 0. The lowest BCUT2D eigenvalue weighted by atomic mass is 10.0. The maximum absolute atomic E-state index is 12.5. The summed E-state index contributed by atoms with van der Waals surface area (Å²) < 4.78 is 5.50. The number of amides is 1. The number of nitrogens with one attached hydrogen (secondary N) is 1. The fourth-order valence-electron chi connectivity index (χ4n) is 11.1. The van der Waals surface area contributed by atoms with E-state index in [1.165, 1.54) is 321 Å². The molecule has 0 rings (SSSR count). The third kappa shape index (κ3) is 61.7. The van der Waals surface area contributed by atoms with Crippen LogP contribution in [-0.4, -0.2) is 47.4 Å². The zero-order valence-corrected chi connectivity index (χ0v) is 51.1. The Balaban J connectivity index is 3.38. The van der Waals surface area contributed by atoms with Crippen LogP contribution in [0.4, 0.5) is 0 Å². The predicted octanol–water partition coefficient (Wildman–Crippen LogP) is 22.0. The second-order valence-corrected chi connectivity index (χ2v) is 23.9. The number of allylic oxidation sites excluding steroid dienone is 2. The van der Waals surface area contributed by atoms with Crippen LogP contribution < -0.4 is 5.32 Å². The van der Waals surface area contributed by atoms with Crippen molar-refractivity contribution in [2.24, 2.45) is 0 Å². The first kappa shape index (κ1) is 73.6. The Kier molecular flexibility index (Phi) is 63.9. The minimum Gasteiger partial charge on any atom is -0.466 e. The van der Waals surface area contributed by atoms with Gasteiger partial charge in [0, 0.05) is 12.8 Å². The summed E-state index contributed by atoms with van der Waals surface area (Å²) in [5.41, 5.74) is 0. The third-order valence-electron chi connectivity index (χ3n) is 16.3. The van der Waals surface area contributed by atoms with E-state index in [1.807, 2.05) is 0 Å². The zero-order chi connectivity index (χ0) is 54.3. The van der Waals surface area contributed by atoms with Crippen molar-refractivity contribution in [3.05, 3.63) is 12.2 Å². The highest BCUT2D eigenvalue weighted by Crippen LogP contribution is 2.19. The number of unbranched alkanes of at least 4 members (excludes halogenated alkanes) is 52. The summed E-state index contributed by atoms with van der Waals surface area (Å²) in [5, 5.41) is 23.4. The van der Waals surface area contributed by atoms with Crippen molar-refractivity contribution in [2.75, 3.05) is 13.2 Å². The molecule has 3 N–H and O–H groups in total. The average Bonchev–Trinajstić information content (AvgIpc) is 3.41. The number of carbonyl (C=O) groups is 2. The Morgan fingerprint density at radius 3 is 0.947 bits per heavy atom. The van der Waals surface area contributed by atoms with Gasteiger partial charge >= 0.3 is 5.97 Å². The van der Waals surface area contributed by atoms with Crippen LogP contribution in [0.5, 0.6) is 0 Å².